The number of anilines is 1. The van der Waals surface area contributed by atoms with E-state index < -0.39 is 4.92 Å². The number of aromatic amines is 1. The highest BCUT2D eigenvalue weighted by Crippen LogP contribution is 2.24. The van der Waals surface area contributed by atoms with Gasteiger partial charge in [-0.25, -0.2) is 4.98 Å². The number of nitrogens with one attached hydrogen (secondary N) is 2. The number of aliphatic hydroxyl groups is 1. The first-order valence-electron chi connectivity index (χ1n) is 6.70. The molecule has 0 aliphatic heterocycles. The van der Waals surface area contributed by atoms with E-state index in [1.165, 1.54) is 12.1 Å². The number of aromatic nitrogens is 2. The smallest absolute Gasteiger partial charge is 0.271 e. The number of rotatable bonds is 3. The van der Waals surface area contributed by atoms with E-state index in [2.05, 4.69) is 15.3 Å². The molecular weight excluding hydrogens is 260 g/mol. The molecule has 7 heteroatoms. The number of nitro benzene ring substituents is 1. The molecule has 1 saturated carbocycles. The van der Waals surface area contributed by atoms with Gasteiger partial charge in [-0.15, -0.1) is 0 Å². The Morgan fingerprint density at radius 3 is 2.80 bits per heavy atom. The summed E-state index contributed by atoms with van der Waals surface area (Å²) in [7, 11) is 0. The van der Waals surface area contributed by atoms with Crippen LogP contribution in [-0.4, -0.2) is 32.1 Å². The standard InChI is InChI=1S/C13H16N4O3/c18-10-4-1-8(2-5-10)14-13-15-11-6-3-9(17(19)20)7-12(11)16-13/h3,6-8,10,18H,1-2,4-5H2,(H2,14,15,16). The fourth-order valence-corrected chi connectivity index (χ4v) is 2.59. The third-order valence-electron chi connectivity index (χ3n) is 3.71. The molecule has 1 fully saturated rings. The Morgan fingerprint density at radius 2 is 2.10 bits per heavy atom. The summed E-state index contributed by atoms with van der Waals surface area (Å²) in [4.78, 5) is 17.7. The number of H-pyrrole nitrogens is 1. The number of hydrogen-bond acceptors (Lipinski definition) is 5. The van der Waals surface area contributed by atoms with Gasteiger partial charge in [-0.05, 0) is 31.7 Å². The van der Waals surface area contributed by atoms with Crippen molar-refractivity contribution < 1.29 is 10.0 Å². The zero-order valence-corrected chi connectivity index (χ0v) is 10.9. The van der Waals surface area contributed by atoms with Gasteiger partial charge in [0, 0.05) is 18.2 Å². The number of imidazole rings is 1. The highest BCUT2D eigenvalue weighted by Gasteiger charge is 2.20. The van der Waals surface area contributed by atoms with Gasteiger partial charge >= 0.3 is 0 Å². The van der Waals surface area contributed by atoms with Gasteiger partial charge in [0.1, 0.15) is 0 Å². The summed E-state index contributed by atoms with van der Waals surface area (Å²) in [5.41, 5.74) is 1.40. The molecule has 3 N–H and O–H groups in total. The van der Waals surface area contributed by atoms with Crippen molar-refractivity contribution in [1.29, 1.82) is 0 Å². The van der Waals surface area contributed by atoms with Crippen molar-refractivity contribution in [3.05, 3.63) is 28.3 Å². The lowest BCUT2D eigenvalue weighted by Crippen LogP contribution is -2.28. The molecule has 0 saturated heterocycles. The first kappa shape index (κ1) is 12.9. The van der Waals surface area contributed by atoms with Crippen LogP contribution >= 0.6 is 0 Å². The third kappa shape index (κ3) is 2.57. The van der Waals surface area contributed by atoms with Gasteiger partial charge in [-0.2, -0.15) is 0 Å². The van der Waals surface area contributed by atoms with Crippen LogP contribution < -0.4 is 5.32 Å². The molecule has 0 amide bonds. The Morgan fingerprint density at radius 1 is 1.35 bits per heavy atom. The van der Waals surface area contributed by atoms with Crippen molar-refractivity contribution in [2.45, 2.75) is 37.8 Å². The second kappa shape index (κ2) is 5.09. The summed E-state index contributed by atoms with van der Waals surface area (Å²) in [5.74, 6) is 0.627. The fraction of sp³-hybridized carbons (Fsp3) is 0.462. The van der Waals surface area contributed by atoms with Gasteiger partial charge in [0.15, 0.2) is 0 Å². The molecule has 7 nitrogen and oxygen atoms in total. The number of non-ortho nitro benzene ring substituents is 1. The van der Waals surface area contributed by atoms with Crippen LogP contribution in [0.3, 0.4) is 0 Å². The van der Waals surface area contributed by atoms with E-state index >= 15 is 0 Å². The van der Waals surface area contributed by atoms with Crippen LogP contribution in [0.15, 0.2) is 18.2 Å². The van der Waals surface area contributed by atoms with Gasteiger partial charge in [0.05, 0.1) is 22.1 Å². The minimum absolute atomic E-state index is 0.0495. The lowest BCUT2D eigenvalue weighted by atomic mass is 9.93. The topological polar surface area (TPSA) is 104 Å². The Labute approximate surface area is 115 Å². The Bertz CT molecular complexity index is 632. The fourth-order valence-electron chi connectivity index (χ4n) is 2.59. The highest BCUT2D eigenvalue weighted by atomic mass is 16.6. The van der Waals surface area contributed by atoms with Gasteiger partial charge in [0.2, 0.25) is 5.95 Å². The average molecular weight is 276 g/mol. The maximum absolute atomic E-state index is 10.7. The molecule has 0 spiro atoms. The second-order valence-electron chi connectivity index (χ2n) is 5.19. The van der Waals surface area contributed by atoms with E-state index in [4.69, 9.17) is 0 Å². The van der Waals surface area contributed by atoms with Crippen LogP contribution in [0.25, 0.3) is 11.0 Å². The van der Waals surface area contributed by atoms with Crippen LogP contribution in [0.5, 0.6) is 0 Å². The molecule has 1 aromatic heterocycles. The Hall–Kier alpha value is -2.15. The molecule has 0 unspecified atom stereocenters. The highest BCUT2D eigenvalue weighted by molar-refractivity contribution is 5.79. The van der Waals surface area contributed by atoms with Crippen LogP contribution in [0.4, 0.5) is 11.6 Å². The first-order valence-corrected chi connectivity index (χ1v) is 6.70. The predicted octanol–water partition coefficient (Wildman–Crippen LogP) is 2.19. The summed E-state index contributed by atoms with van der Waals surface area (Å²) in [6.07, 6.45) is 3.20. The van der Waals surface area contributed by atoms with Crippen LogP contribution in [-0.2, 0) is 0 Å². The molecule has 3 rings (SSSR count). The summed E-state index contributed by atoms with van der Waals surface area (Å²) >= 11 is 0. The van der Waals surface area contributed by atoms with Crippen molar-refractivity contribution in [3.63, 3.8) is 0 Å². The van der Waals surface area contributed by atoms with Gasteiger partial charge in [-0.3, -0.25) is 10.1 Å². The first-order chi connectivity index (χ1) is 9.61. The minimum atomic E-state index is -0.421. The molecule has 0 atom stereocenters. The van der Waals surface area contributed by atoms with E-state index in [9.17, 15) is 15.2 Å². The lowest BCUT2D eigenvalue weighted by molar-refractivity contribution is -0.384. The molecule has 1 aliphatic carbocycles. The Kier molecular flexibility index (Phi) is 3.27. The minimum Gasteiger partial charge on any atom is -0.393 e. The van der Waals surface area contributed by atoms with Crippen LogP contribution in [0.2, 0.25) is 0 Å². The summed E-state index contributed by atoms with van der Waals surface area (Å²) < 4.78 is 0. The maximum atomic E-state index is 10.7. The molecule has 1 heterocycles. The average Bonchev–Trinajstić information content (AvgIpc) is 2.82. The Balaban J connectivity index is 1.77. The zero-order chi connectivity index (χ0) is 14.1. The van der Waals surface area contributed by atoms with E-state index in [1.807, 2.05) is 0 Å². The van der Waals surface area contributed by atoms with Crippen molar-refractivity contribution in [2.24, 2.45) is 0 Å². The number of benzene rings is 1. The molecule has 2 aromatic rings. The van der Waals surface area contributed by atoms with Crippen molar-refractivity contribution in [3.8, 4) is 0 Å². The van der Waals surface area contributed by atoms with Crippen molar-refractivity contribution >= 4 is 22.7 Å². The number of hydrogen-bond donors (Lipinski definition) is 3. The number of nitrogens with zero attached hydrogens (tertiary/aromatic N) is 2. The lowest BCUT2D eigenvalue weighted by Gasteiger charge is -2.25. The van der Waals surface area contributed by atoms with E-state index in [-0.39, 0.29) is 17.8 Å². The SMILES string of the molecule is O=[N+]([O-])c1ccc2nc(NC3CCC(O)CC3)[nH]c2c1. The largest absolute Gasteiger partial charge is 0.393 e. The van der Waals surface area contributed by atoms with Crippen LogP contribution in [0, 0.1) is 10.1 Å². The number of aliphatic hydroxyl groups excluding tert-OH is 1. The van der Waals surface area contributed by atoms with Gasteiger partial charge in [0.25, 0.3) is 5.69 Å². The molecule has 106 valence electrons. The van der Waals surface area contributed by atoms with Gasteiger partial charge in [-0.1, -0.05) is 0 Å². The summed E-state index contributed by atoms with van der Waals surface area (Å²) in [6.45, 7) is 0. The molecular formula is C13H16N4O3. The van der Waals surface area contributed by atoms with Crippen molar-refractivity contribution in [1.82, 2.24) is 9.97 Å². The maximum Gasteiger partial charge on any atom is 0.271 e. The molecule has 20 heavy (non-hydrogen) atoms. The quantitative estimate of drug-likeness (QED) is 0.588. The van der Waals surface area contributed by atoms with E-state index in [0.29, 0.717) is 17.0 Å². The number of fused-ring (bicyclic) bond motifs is 1. The summed E-state index contributed by atoms with van der Waals surface area (Å²) in [6, 6.07) is 4.86. The normalized spacial score (nSPS) is 22.9. The summed E-state index contributed by atoms with van der Waals surface area (Å²) in [5, 5.41) is 23.5. The predicted molar refractivity (Wildman–Crippen MR) is 74.6 cm³/mol. The monoisotopic (exact) mass is 276 g/mol. The van der Waals surface area contributed by atoms with Crippen LogP contribution in [0.1, 0.15) is 25.7 Å². The molecule has 0 bridgehead atoms. The molecule has 1 aliphatic rings. The van der Waals surface area contributed by atoms with Crippen molar-refractivity contribution in [2.75, 3.05) is 5.32 Å². The zero-order valence-electron chi connectivity index (χ0n) is 10.9. The number of nitro groups is 1. The second-order valence-corrected chi connectivity index (χ2v) is 5.19. The van der Waals surface area contributed by atoms with Gasteiger partial charge < -0.3 is 15.4 Å². The molecule has 0 radical (unpaired) electrons. The van der Waals surface area contributed by atoms with E-state index in [1.54, 1.807) is 6.07 Å². The third-order valence-corrected chi connectivity index (χ3v) is 3.71. The van der Waals surface area contributed by atoms with E-state index in [0.717, 1.165) is 25.7 Å². The molecule has 1 aromatic carbocycles.